The Hall–Kier alpha value is -1.63. The quantitative estimate of drug-likeness (QED) is 0.677. The Morgan fingerprint density at radius 2 is 1.85 bits per heavy atom. The fourth-order valence-corrected chi connectivity index (χ4v) is 3.82. The lowest BCUT2D eigenvalue weighted by Gasteiger charge is -2.34. The highest BCUT2D eigenvalue weighted by molar-refractivity contribution is 5.90. The monoisotopic (exact) mass is 381 g/mol. The highest BCUT2D eigenvalue weighted by Crippen LogP contribution is 2.28. The first-order chi connectivity index (χ1) is 12.7. The van der Waals surface area contributed by atoms with E-state index in [0.717, 1.165) is 6.42 Å². The minimum atomic E-state index is -0.251. The number of nitrogens with one attached hydrogen (secondary N) is 1. The molecule has 0 aromatic carbocycles. The summed E-state index contributed by atoms with van der Waals surface area (Å²) in [5.41, 5.74) is -0.251. The van der Waals surface area contributed by atoms with Crippen molar-refractivity contribution in [2.45, 2.75) is 58.9 Å². The maximum absolute atomic E-state index is 12.8. The van der Waals surface area contributed by atoms with Crippen molar-refractivity contribution >= 4 is 17.7 Å². The van der Waals surface area contributed by atoms with Gasteiger partial charge in [0.1, 0.15) is 0 Å². The standard InChI is InChI=1S/C20H35N3O4/c1-5-27-12-6-9-21-18(25)15-7-10-22(11-8-15)19(26)16-13-17(24)23(14-16)20(2,3)4/h15-16H,5-14H2,1-4H3,(H,21,25). The number of piperidine rings is 1. The predicted molar refractivity (Wildman–Crippen MR) is 103 cm³/mol. The molecule has 2 heterocycles. The first-order valence-corrected chi connectivity index (χ1v) is 10.2. The fraction of sp³-hybridized carbons (Fsp3) is 0.850. The van der Waals surface area contributed by atoms with Crippen LogP contribution in [0.4, 0.5) is 0 Å². The zero-order valence-corrected chi connectivity index (χ0v) is 17.3. The number of carbonyl (C=O) groups excluding carboxylic acids is 3. The summed E-state index contributed by atoms with van der Waals surface area (Å²) in [5, 5.41) is 2.96. The third kappa shape index (κ3) is 5.92. The van der Waals surface area contributed by atoms with Crippen molar-refractivity contribution in [2.75, 3.05) is 39.4 Å². The molecule has 7 heteroatoms. The van der Waals surface area contributed by atoms with Crippen molar-refractivity contribution in [3.05, 3.63) is 0 Å². The van der Waals surface area contributed by atoms with E-state index in [1.54, 1.807) is 4.90 Å². The summed E-state index contributed by atoms with van der Waals surface area (Å²) in [6.07, 6.45) is 2.49. The number of hydrogen-bond donors (Lipinski definition) is 1. The highest BCUT2D eigenvalue weighted by atomic mass is 16.5. The van der Waals surface area contributed by atoms with Crippen molar-refractivity contribution in [3.8, 4) is 0 Å². The number of nitrogens with zero attached hydrogens (tertiary/aromatic N) is 2. The van der Waals surface area contributed by atoms with Crippen molar-refractivity contribution in [2.24, 2.45) is 11.8 Å². The van der Waals surface area contributed by atoms with Gasteiger partial charge in [0.05, 0.1) is 5.92 Å². The van der Waals surface area contributed by atoms with Crippen LogP contribution >= 0.6 is 0 Å². The largest absolute Gasteiger partial charge is 0.382 e. The second kappa shape index (κ2) is 9.53. The second-order valence-corrected chi connectivity index (χ2v) is 8.52. The van der Waals surface area contributed by atoms with E-state index in [0.29, 0.717) is 58.7 Å². The number of likely N-dealkylation sites (tertiary alicyclic amines) is 2. The van der Waals surface area contributed by atoms with Crippen LogP contribution in [0.2, 0.25) is 0 Å². The van der Waals surface area contributed by atoms with Gasteiger partial charge in [-0.2, -0.15) is 0 Å². The van der Waals surface area contributed by atoms with E-state index in [9.17, 15) is 14.4 Å². The number of amides is 3. The Balaban J connectivity index is 1.74. The summed E-state index contributed by atoms with van der Waals surface area (Å²) >= 11 is 0. The van der Waals surface area contributed by atoms with Gasteiger partial charge in [-0.15, -0.1) is 0 Å². The molecule has 1 atom stereocenters. The Kier molecular flexibility index (Phi) is 7.65. The van der Waals surface area contributed by atoms with E-state index < -0.39 is 0 Å². The Bertz CT molecular complexity index is 536. The molecule has 0 saturated carbocycles. The van der Waals surface area contributed by atoms with Crippen LogP contribution in [0, 0.1) is 11.8 Å². The van der Waals surface area contributed by atoms with Crippen molar-refractivity contribution in [1.29, 1.82) is 0 Å². The van der Waals surface area contributed by atoms with Gasteiger partial charge in [0.2, 0.25) is 17.7 Å². The molecule has 154 valence electrons. The molecule has 0 aromatic rings. The maximum atomic E-state index is 12.8. The van der Waals surface area contributed by atoms with Crippen LogP contribution in [-0.2, 0) is 19.1 Å². The van der Waals surface area contributed by atoms with Crippen LogP contribution in [0.5, 0.6) is 0 Å². The zero-order valence-electron chi connectivity index (χ0n) is 17.3. The molecular formula is C20H35N3O4. The minimum Gasteiger partial charge on any atom is -0.382 e. The Morgan fingerprint density at radius 3 is 2.41 bits per heavy atom. The van der Waals surface area contributed by atoms with Crippen LogP contribution in [0.1, 0.15) is 53.4 Å². The van der Waals surface area contributed by atoms with Crippen LogP contribution < -0.4 is 5.32 Å². The molecule has 0 radical (unpaired) electrons. The molecule has 27 heavy (non-hydrogen) atoms. The second-order valence-electron chi connectivity index (χ2n) is 8.52. The van der Waals surface area contributed by atoms with E-state index in [2.05, 4.69) is 5.32 Å². The Labute approximate surface area is 162 Å². The summed E-state index contributed by atoms with van der Waals surface area (Å²) in [6, 6.07) is 0. The molecule has 1 unspecified atom stereocenters. The van der Waals surface area contributed by atoms with Gasteiger partial charge in [-0.25, -0.2) is 0 Å². The molecule has 7 nitrogen and oxygen atoms in total. The van der Waals surface area contributed by atoms with E-state index in [-0.39, 0.29) is 35.1 Å². The zero-order chi connectivity index (χ0) is 20.0. The minimum absolute atomic E-state index is 0.0302. The predicted octanol–water partition coefficient (Wildman–Crippen LogP) is 1.41. The molecule has 2 fully saturated rings. The average Bonchev–Trinajstić information content (AvgIpc) is 3.03. The van der Waals surface area contributed by atoms with Crippen molar-refractivity contribution in [3.63, 3.8) is 0 Å². The van der Waals surface area contributed by atoms with Crippen LogP contribution in [0.3, 0.4) is 0 Å². The normalized spacial score (nSPS) is 21.6. The summed E-state index contributed by atoms with van der Waals surface area (Å²) < 4.78 is 5.26. The lowest BCUT2D eigenvalue weighted by molar-refractivity contribution is -0.139. The van der Waals surface area contributed by atoms with Crippen LogP contribution in [0.25, 0.3) is 0 Å². The highest BCUT2D eigenvalue weighted by Gasteiger charge is 2.41. The lowest BCUT2D eigenvalue weighted by Crippen LogP contribution is -2.46. The molecule has 3 amide bonds. The van der Waals surface area contributed by atoms with E-state index >= 15 is 0 Å². The number of ether oxygens (including phenoxy) is 1. The topological polar surface area (TPSA) is 79.0 Å². The number of carbonyl (C=O) groups is 3. The smallest absolute Gasteiger partial charge is 0.227 e. The first-order valence-electron chi connectivity index (χ1n) is 10.2. The van der Waals surface area contributed by atoms with Crippen molar-refractivity contribution < 1.29 is 19.1 Å². The fourth-order valence-electron chi connectivity index (χ4n) is 3.82. The molecule has 2 rings (SSSR count). The summed E-state index contributed by atoms with van der Waals surface area (Å²) in [6.45, 7) is 11.6. The summed E-state index contributed by atoms with van der Waals surface area (Å²) in [4.78, 5) is 40.9. The third-order valence-corrected chi connectivity index (χ3v) is 5.43. The molecule has 0 aromatic heterocycles. The van der Waals surface area contributed by atoms with E-state index in [1.807, 2.05) is 32.6 Å². The molecule has 2 aliphatic rings. The van der Waals surface area contributed by atoms with E-state index in [4.69, 9.17) is 4.74 Å². The Morgan fingerprint density at radius 1 is 1.19 bits per heavy atom. The SMILES string of the molecule is CCOCCCNC(=O)C1CCN(C(=O)C2CC(=O)N(C(C)(C)C)C2)CC1. The van der Waals surface area contributed by atoms with Gasteiger partial charge in [0.15, 0.2) is 0 Å². The van der Waals surface area contributed by atoms with Gasteiger partial charge in [0.25, 0.3) is 0 Å². The van der Waals surface area contributed by atoms with Gasteiger partial charge in [-0.3, -0.25) is 14.4 Å². The van der Waals surface area contributed by atoms with Crippen LogP contribution in [-0.4, -0.2) is 72.5 Å². The maximum Gasteiger partial charge on any atom is 0.227 e. The summed E-state index contributed by atoms with van der Waals surface area (Å²) in [7, 11) is 0. The average molecular weight is 382 g/mol. The number of rotatable bonds is 7. The molecule has 2 saturated heterocycles. The van der Waals surface area contributed by atoms with Gasteiger partial charge in [-0.1, -0.05) is 0 Å². The van der Waals surface area contributed by atoms with Gasteiger partial charge in [-0.05, 0) is 47.0 Å². The van der Waals surface area contributed by atoms with Gasteiger partial charge < -0.3 is 19.9 Å². The van der Waals surface area contributed by atoms with Gasteiger partial charge in [0, 0.05) is 57.3 Å². The first kappa shape index (κ1) is 21.7. The molecule has 2 aliphatic heterocycles. The molecular weight excluding hydrogens is 346 g/mol. The molecule has 0 bridgehead atoms. The van der Waals surface area contributed by atoms with E-state index in [1.165, 1.54) is 0 Å². The third-order valence-electron chi connectivity index (χ3n) is 5.43. The molecule has 0 aliphatic carbocycles. The van der Waals surface area contributed by atoms with Gasteiger partial charge >= 0.3 is 0 Å². The molecule has 1 N–H and O–H groups in total. The lowest BCUT2D eigenvalue weighted by atomic mass is 9.94. The number of hydrogen-bond acceptors (Lipinski definition) is 4. The summed E-state index contributed by atoms with van der Waals surface area (Å²) in [5.74, 6) is -0.0838. The van der Waals surface area contributed by atoms with Crippen LogP contribution in [0.15, 0.2) is 0 Å². The van der Waals surface area contributed by atoms with Crippen molar-refractivity contribution in [1.82, 2.24) is 15.1 Å². The molecule has 0 spiro atoms.